The Bertz CT molecular complexity index is 904. The number of aromatic nitrogens is 1. The van der Waals surface area contributed by atoms with Crippen molar-refractivity contribution in [2.24, 2.45) is 0 Å². The van der Waals surface area contributed by atoms with Gasteiger partial charge in [0.25, 0.3) is 5.91 Å². The molecule has 3 heterocycles. The van der Waals surface area contributed by atoms with Crippen molar-refractivity contribution in [3.8, 4) is 0 Å². The Labute approximate surface area is 163 Å². The van der Waals surface area contributed by atoms with E-state index in [9.17, 15) is 4.79 Å². The molecular formula is C17H13N3OS4. The van der Waals surface area contributed by atoms with Crippen LogP contribution in [-0.4, -0.2) is 21.8 Å². The van der Waals surface area contributed by atoms with Crippen LogP contribution in [0.25, 0.3) is 0 Å². The maximum Gasteiger partial charge on any atom is 0.272 e. The van der Waals surface area contributed by atoms with Crippen LogP contribution >= 0.6 is 47.1 Å². The maximum atomic E-state index is 12.7. The zero-order valence-corrected chi connectivity index (χ0v) is 16.5. The van der Waals surface area contributed by atoms with Gasteiger partial charge in [0.2, 0.25) is 0 Å². The minimum atomic E-state index is -0.106. The van der Waals surface area contributed by atoms with Crippen molar-refractivity contribution in [1.82, 2.24) is 4.98 Å². The third kappa shape index (κ3) is 3.03. The van der Waals surface area contributed by atoms with Crippen LogP contribution in [0.1, 0.15) is 6.92 Å². The number of carbonyl (C=O) groups is 1. The quantitative estimate of drug-likeness (QED) is 0.538. The number of allylic oxidation sites excluding steroid dienone is 2. The molecule has 2 aromatic rings. The highest BCUT2D eigenvalue weighted by Crippen LogP contribution is 2.46. The average molecular weight is 404 g/mol. The van der Waals surface area contributed by atoms with E-state index in [1.165, 1.54) is 38.6 Å². The molecule has 1 fully saturated rings. The first-order chi connectivity index (χ1) is 12.2. The van der Waals surface area contributed by atoms with Gasteiger partial charge in [-0.3, -0.25) is 4.79 Å². The van der Waals surface area contributed by atoms with Crippen LogP contribution in [-0.2, 0) is 4.79 Å². The Morgan fingerprint density at radius 3 is 2.84 bits per heavy atom. The number of carbonyl (C=O) groups excluding carboxylic acids is 1. The second-order valence-electron chi connectivity index (χ2n) is 5.17. The molecule has 0 saturated carbocycles. The fraction of sp³-hybridized carbons (Fsp3) is 0.118. The fourth-order valence-corrected chi connectivity index (χ4v) is 5.71. The summed E-state index contributed by atoms with van der Waals surface area (Å²) in [6.07, 6.45) is 5.54. The van der Waals surface area contributed by atoms with Gasteiger partial charge in [-0.1, -0.05) is 47.9 Å². The third-order valence-corrected chi connectivity index (χ3v) is 6.94. The number of rotatable bonds is 3. The molecule has 2 aliphatic rings. The van der Waals surface area contributed by atoms with Gasteiger partial charge in [0.15, 0.2) is 9.45 Å². The van der Waals surface area contributed by atoms with E-state index in [1.54, 1.807) is 18.0 Å². The zero-order chi connectivity index (χ0) is 17.4. The average Bonchev–Trinajstić information content (AvgIpc) is 3.30. The molecule has 4 rings (SSSR count). The van der Waals surface area contributed by atoms with Crippen molar-refractivity contribution in [2.75, 3.05) is 16.3 Å². The number of benzene rings is 1. The van der Waals surface area contributed by atoms with E-state index in [0.717, 1.165) is 11.6 Å². The van der Waals surface area contributed by atoms with Crippen LogP contribution < -0.4 is 9.80 Å². The predicted molar refractivity (Wildman–Crippen MR) is 111 cm³/mol. The lowest BCUT2D eigenvalue weighted by atomic mass is 10.3. The number of thioether (sulfide) groups is 2. The molecule has 0 radical (unpaired) electrons. The lowest BCUT2D eigenvalue weighted by Crippen LogP contribution is -2.27. The SMILES string of the molecule is CCN1/C(=C/C=C2/SC(=S)N(c3nccs3)C2=O)Sc2ccccc21. The van der Waals surface area contributed by atoms with E-state index < -0.39 is 0 Å². The van der Waals surface area contributed by atoms with Gasteiger partial charge in [0.05, 0.1) is 15.6 Å². The van der Waals surface area contributed by atoms with Gasteiger partial charge in [0, 0.05) is 23.0 Å². The minimum Gasteiger partial charge on any atom is -0.335 e. The smallest absolute Gasteiger partial charge is 0.272 e. The van der Waals surface area contributed by atoms with Gasteiger partial charge in [-0.05, 0) is 31.2 Å². The molecule has 0 bridgehead atoms. The highest BCUT2D eigenvalue weighted by molar-refractivity contribution is 8.27. The molecule has 2 aliphatic heterocycles. The van der Waals surface area contributed by atoms with Crippen molar-refractivity contribution >= 4 is 68.1 Å². The Kier molecular flexibility index (Phi) is 4.68. The molecular weight excluding hydrogens is 390 g/mol. The number of hydrogen-bond donors (Lipinski definition) is 0. The number of nitrogens with zero attached hydrogens (tertiary/aromatic N) is 3. The highest BCUT2D eigenvalue weighted by Gasteiger charge is 2.34. The van der Waals surface area contributed by atoms with Gasteiger partial charge in [-0.15, -0.1) is 11.3 Å². The second kappa shape index (κ2) is 6.95. The number of hydrogen-bond acceptors (Lipinski definition) is 7. The predicted octanol–water partition coefficient (Wildman–Crippen LogP) is 4.87. The molecule has 0 atom stereocenters. The molecule has 8 heteroatoms. The van der Waals surface area contributed by atoms with Gasteiger partial charge < -0.3 is 4.90 Å². The van der Waals surface area contributed by atoms with Crippen molar-refractivity contribution in [2.45, 2.75) is 11.8 Å². The molecule has 0 N–H and O–H groups in total. The number of thiocarbonyl (C=S) groups is 1. The molecule has 1 aromatic carbocycles. The minimum absolute atomic E-state index is 0.106. The van der Waals surface area contributed by atoms with E-state index in [0.29, 0.717) is 14.4 Å². The molecule has 1 aromatic heterocycles. The van der Waals surface area contributed by atoms with Crippen molar-refractivity contribution < 1.29 is 4.79 Å². The molecule has 0 aliphatic carbocycles. The molecule has 0 spiro atoms. The van der Waals surface area contributed by atoms with E-state index in [2.05, 4.69) is 28.9 Å². The maximum absolute atomic E-state index is 12.7. The van der Waals surface area contributed by atoms with Gasteiger partial charge in [0.1, 0.15) is 0 Å². The number of fused-ring (bicyclic) bond motifs is 1. The molecule has 1 saturated heterocycles. The summed E-state index contributed by atoms with van der Waals surface area (Å²) in [5.41, 5.74) is 1.21. The van der Waals surface area contributed by atoms with Crippen LogP contribution in [0.2, 0.25) is 0 Å². The number of anilines is 2. The lowest BCUT2D eigenvalue weighted by molar-refractivity contribution is -0.113. The summed E-state index contributed by atoms with van der Waals surface area (Å²) < 4.78 is 0.527. The normalized spacial score (nSPS) is 20.2. The largest absolute Gasteiger partial charge is 0.335 e. The van der Waals surface area contributed by atoms with Crippen LogP contribution in [0.15, 0.2) is 62.8 Å². The topological polar surface area (TPSA) is 36.4 Å². The lowest BCUT2D eigenvalue weighted by Gasteiger charge is -2.17. The first-order valence-electron chi connectivity index (χ1n) is 7.61. The first kappa shape index (κ1) is 16.8. The molecule has 25 heavy (non-hydrogen) atoms. The standard InChI is InChI=1S/C17H13N3OS4/c1-2-19-11-5-3-4-6-12(11)24-14(19)8-7-13-15(21)20(17(22)25-13)16-18-9-10-23-16/h3-10H,2H2,1H3/b13-7+,14-8-. The number of thiazole rings is 1. The second-order valence-corrected chi connectivity index (χ2v) is 8.78. The van der Waals surface area contributed by atoms with Crippen molar-refractivity contribution in [3.63, 3.8) is 0 Å². The van der Waals surface area contributed by atoms with E-state index in [-0.39, 0.29) is 5.91 Å². The third-order valence-electron chi connectivity index (χ3n) is 3.73. The number of para-hydroxylation sites is 1. The molecule has 126 valence electrons. The Morgan fingerprint density at radius 1 is 1.24 bits per heavy atom. The van der Waals surface area contributed by atoms with Crippen LogP contribution in [0.5, 0.6) is 0 Å². The van der Waals surface area contributed by atoms with Crippen LogP contribution in [0, 0.1) is 0 Å². The fourth-order valence-electron chi connectivity index (χ4n) is 2.62. The van der Waals surface area contributed by atoms with Crippen molar-refractivity contribution in [3.05, 3.63) is 57.9 Å². The van der Waals surface area contributed by atoms with E-state index in [1.807, 2.05) is 29.7 Å². The number of amides is 1. The monoisotopic (exact) mass is 403 g/mol. The summed E-state index contributed by atoms with van der Waals surface area (Å²) in [6, 6.07) is 8.33. The van der Waals surface area contributed by atoms with Gasteiger partial charge in [-0.25, -0.2) is 9.88 Å². The van der Waals surface area contributed by atoms with Gasteiger partial charge in [-0.2, -0.15) is 0 Å². The molecule has 4 nitrogen and oxygen atoms in total. The Morgan fingerprint density at radius 2 is 2.08 bits per heavy atom. The van der Waals surface area contributed by atoms with E-state index >= 15 is 0 Å². The summed E-state index contributed by atoms with van der Waals surface area (Å²) in [5, 5.41) is 3.57. The summed E-state index contributed by atoms with van der Waals surface area (Å²) in [5.74, 6) is -0.106. The van der Waals surface area contributed by atoms with E-state index in [4.69, 9.17) is 12.2 Å². The van der Waals surface area contributed by atoms with Crippen molar-refractivity contribution in [1.29, 1.82) is 0 Å². The summed E-state index contributed by atoms with van der Waals surface area (Å²) in [7, 11) is 0. The summed E-state index contributed by atoms with van der Waals surface area (Å²) in [6.45, 7) is 3.00. The summed E-state index contributed by atoms with van der Waals surface area (Å²) >= 11 is 9.80. The first-order valence-corrected chi connectivity index (χ1v) is 10.5. The molecule has 0 unspecified atom stereocenters. The molecule has 1 amide bonds. The Hall–Kier alpha value is -1.61. The highest BCUT2D eigenvalue weighted by atomic mass is 32.2. The van der Waals surface area contributed by atoms with Crippen LogP contribution in [0.3, 0.4) is 0 Å². The summed E-state index contributed by atoms with van der Waals surface area (Å²) in [4.78, 5) is 22.5. The van der Waals surface area contributed by atoms with Crippen LogP contribution in [0.4, 0.5) is 10.8 Å². The zero-order valence-electron chi connectivity index (χ0n) is 13.2. The van der Waals surface area contributed by atoms with Gasteiger partial charge >= 0.3 is 0 Å². The Balaban J connectivity index is 1.61.